The summed E-state index contributed by atoms with van der Waals surface area (Å²) in [4.78, 5) is 4.56. The molecule has 0 unspecified atom stereocenters. The van der Waals surface area contributed by atoms with Crippen molar-refractivity contribution in [1.29, 1.82) is 0 Å². The molecule has 4 rings (SSSR count). The van der Waals surface area contributed by atoms with Crippen molar-refractivity contribution in [2.75, 3.05) is 0 Å². The number of hydrogen-bond donors (Lipinski definition) is 0. The average Bonchev–Trinajstić information content (AvgIpc) is 3.24. The first kappa shape index (κ1) is 12.7. The number of aromatic nitrogens is 2. The lowest BCUT2D eigenvalue weighted by Crippen LogP contribution is -1.94. The zero-order valence-electron chi connectivity index (χ0n) is 10.7. The number of halogens is 2. The maximum Gasteiger partial charge on any atom is 0.141 e. The van der Waals surface area contributed by atoms with Crippen LogP contribution < -0.4 is 0 Å². The van der Waals surface area contributed by atoms with Crippen molar-refractivity contribution in [2.45, 2.75) is 18.8 Å². The van der Waals surface area contributed by atoms with Gasteiger partial charge in [-0.3, -0.25) is 4.40 Å². The second-order valence-corrected chi connectivity index (χ2v) is 6.78. The van der Waals surface area contributed by atoms with Crippen LogP contribution in [0.4, 0.5) is 0 Å². The molecule has 4 heteroatoms. The first-order chi connectivity index (χ1) is 9.72. The molecule has 1 saturated carbocycles. The third-order valence-electron chi connectivity index (χ3n) is 3.78. The number of nitrogens with zero attached hydrogens (tertiary/aromatic N) is 2. The van der Waals surface area contributed by atoms with Gasteiger partial charge >= 0.3 is 0 Å². The van der Waals surface area contributed by atoms with Gasteiger partial charge in [0.2, 0.25) is 0 Å². The molecule has 0 amide bonds. The molecule has 0 radical (unpaired) electrons. The lowest BCUT2D eigenvalue weighted by atomic mass is 10.0. The van der Waals surface area contributed by atoms with Gasteiger partial charge < -0.3 is 0 Å². The van der Waals surface area contributed by atoms with Gasteiger partial charge in [-0.1, -0.05) is 23.7 Å². The Morgan fingerprint density at radius 1 is 1.15 bits per heavy atom. The van der Waals surface area contributed by atoms with E-state index in [1.807, 2.05) is 18.3 Å². The molecule has 0 aliphatic heterocycles. The minimum absolute atomic E-state index is 0.683. The average molecular weight is 395 g/mol. The number of rotatable bonds is 2. The highest BCUT2D eigenvalue weighted by molar-refractivity contribution is 14.1. The SMILES string of the molecule is Clc1ccc(-c2cc(C3CC3)c3ncc(I)n3c2)cc1. The van der Waals surface area contributed by atoms with E-state index in [1.165, 1.54) is 29.5 Å². The fourth-order valence-electron chi connectivity index (χ4n) is 2.58. The third-order valence-corrected chi connectivity index (χ3v) is 4.83. The second-order valence-electron chi connectivity index (χ2n) is 5.24. The first-order valence-corrected chi connectivity index (χ1v) is 8.10. The summed E-state index contributed by atoms with van der Waals surface area (Å²) in [7, 11) is 0. The predicted octanol–water partition coefficient (Wildman–Crippen LogP) is 5.14. The summed E-state index contributed by atoms with van der Waals surface area (Å²) in [5.74, 6) is 0.683. The Balaban J connectivity index is 1.95. The fourth-order valence-corrected chi connectivity index (χ4v) is 3.21. The lowest BCUT2D eigenvalue weighted by Gasteiger charge is -2.08. The largest absolute Gasteiger partial charge is 0.294 e. The molecule has 0 atom stereocenters. The third kappa shape index (κ3) is 2.13. The molecule has 1 aliphatic rings. The van der Waals surface area contributed by atoms with E-state index in [-0.39, 0.29) is 0 Å². The quantitative estimate of drug-likeness (QED) is 0.550. The van der Waals surface area contributed by atoms with E-state index in [1.54, 1.807) is 0 Å². The summed E-state index contributed by atoms with van der Waals surface area (Å²) < 4.78 is 3.34. The van der Waals surface area contributed by atoms with Gasteiger partial charge in [0.15, 0.2) is 0 Å². The highest BCUT2D eigenvalue weighted by Crippen LogP contribution is 2.43. The smallest absolute Gasteiger partial charge is 0.141 e. The Hall–Kier alpha value is -1.07. The summed E-state index contributed by atoms with van der Waals surface area (Å²) in [6.45, 7) is 0. The van der Waals surface area contributed by atoms with Crippen LogP contribution in [0.25, 0.3) is 16.8 Å². The maximum atomic E-state index is 5.98. The van der Waals surface area contributed by atoms with Crippen molar-refractivity contribution >= 4 is 39.8 Å². The minimum Gasteiger partial charge on any atom is -0.294 e. The molecule has 0 saturated heterocycles. The van der Waals surface area contributed by atoms with Crippen molar-refractivity contribution in [3.63, 3.8) is 0 Å². The molecule has 2 nitrogen and oxygen atoms in total. The van der Waals surface area contributed by atoms with Gasteiger partial charge in [-0.05, 0) is 76.2 Å². The lowest BCUT2D eigenvalue weighted by molar-refractivity contribution is 1.07. The van der Waals surface area contributed by atoms with Crippen LogP contribution in [0.15, 0.2) is 42.7 Å². The zero-order chi connectivity index (χ0) is 13.7. The molecular weight excluding hydrogens is 383 g/mol. The van der Waals surface area contributed by atoms with Gasteiger partial charge in [0, 0.05) is 11.2 Å². The van der Waals surface area contributed by atoms with E-state index in [9.17, 15) is 0 Å². The molecule has 2 aromatic heterocycles. The highest BCUT2D eigenvalue weighted by atomic mass is 127. The number of fused-ring (bicyclic) bond motifs is 1. The van der Waals surface area contributed by atoms with E-state index in [0.29, 0.717) is 5.92 Å². The van der Waals surface area contributed by atoms with Crippen molar-refractivity contribution in [3.8, 4) is 11.1 Å². The molecule has 100 valence electrons. The Kier molecular flexibility index (Phi) is 3.00. The van der Waals surface area contributed by atoms with E-state index >= 15 is 0 Å². The summed E-state index contributed by atoms with van der Waals surface area (Å²) >= 11 is 8.31. The Morgan fingerprint density at radius 3 is 2.60 bits per heavy atom. The van der Waals surface area contributed by atoms with Crippen molar-refractivity contribution < 1.29 is 0 Å². The van der Waals surface area contributed by atoms with Crippen LogP contribution in [0.2, 0.25) is 5.02 Å². The predicted molar refractivity (Wildman–Crippen MR) is 90.3 cm³/mol. The van der Waals surface area contributed by atoms with Crippen LogP contribution in [0, 0.1) is 3.70 Å². The van der Waals surface area contributed by atoms with Crippen LogP contribution in [-0.4, -0.2) is 9.38 Å². The van der Waals surface area contributed by atoms with Gasteiger partial charge in [0.25, 0.3) is 0 Å². The van der Waals surface area contributed by atoms with Gasteiger partial charge in [-0.2, -0.15) is 0 Å². The van der Waals surface area contributed by atoms with Gasteiger partial charge in [-0.15, -0.1) is 0 Å². The first-order valence-electron chi connectivity index (χ1n) is 6.65. The zero-order valence-corrected chi connectivity index (χ0v) is 13.6. The van der Waals surface area contributed by atoms with Crippen molar-refractivity contribution in [2.24, 2.45) is 0 Å². The van der Waals surface area contributed by atoms with Gasteiger partial charge in [0.1, 0.15) is 9.35 Å². The molecule has 3 aromatic rings. The topological polar surface area (TPSA) is 17.3 Å². The number of hydrogen-bond acceptors (Lipinski definition) is 1. The van der Waals surface area contributed by atoms with Crippen LogP contribution in [0.3, 0.4) is 0 Å². The Morgan fingerprint density at radius 2 is 1.90 bits per heavy atom. The molecule has 1 aromatic carbocycles. The minimum atomic E-state index is 0.683. The Bertz CT molecular complexity index is 788. The van der Waals surface area contributed by atoms with Crippen LogP contribution in [-0.2, 0) is 0 Å². The summed E-state index contributed by atoms with van der Waals surface area (Å²) in [6, 6.07) is 10.3. The van der Waals surface area contributed by atoms with E-state index in [0.717, 1.165) is 14.4 Å². The highest BCUT2D eigenvalue weighted by Gasteiger charge is 2.27. The van der Waals surface area contributed by atoms with Crippen LogP contribution in [0.1, 0.15) is 24.3 Å². The fraction of sp³-hybridized carbons (Fsp3) is 0.188. The van der Waals surface area contributed by atoms with Crippen LogP contribution in [0.5, 0.6) is 0 Å². The monoisotopic (exact) mass is 394 g/mol. The number of pyridine rings is 1. The molecule has 1 aliphatic carbocycles. The maximum absolute atomic E-state index is 5.98. The summed E-state index contributed by atoms with van der Waals surface area (Å²) in [5.41, 5.74) is 4.91. The Labute approximate surface area is 135 Å². The normalized spacial score (nSPS) is 14.9. The molecule has 0 spiro atoms. The van der Waals surface area contributed by atoms with Crippen LogP contribution >= 0.6 is 34.2 Å². The van der Waals surface area contributed by atoms with E-state index in [4.69, 9.17) is 11.6 Å². The van der Waals surface area contributed by atoms with E-state index in [2.05, 4.69) is 56.4 Å². The molecule has 20 heavy (non-hydrogen) atoms. The molecule has 2 heterocycles. The standard InChI is InChI=1S/C16H12ClIN2/c17-13-5-3-10(4-6-13)12-7-14(11-1-2-11)16-19-8-15(18)20(16)9-12/h3-9,11H,1-2H2. The molecule has 1 fully saturated rings. The molecule has 0 bridgehead atoms. The number of benzene rings is 1. The molecular formula is C16H12ClIN2. The van der Waals surface area contributed by atoms with Gasteiger partial charge in [-0.25, -0.2) is 4.98 Å². The molecule has 0 N–H and O–H groups in total. The van der Waals surface area contributed by atoms with Crippen molar-refractivity contribution in [3.05, 3.63) is 57.0 Å². The van der Waals surface area contributed by atoms with Gasteiger partial charge in [0.05, 0.1) is 6.20 Å². The second kappa shape index (κ2) is 4.74. The van der Waals surface area contributed by atoms with E-state index < -0.39 is 0 Å². The van der Waals surface area contributed by atoms with Crippen molar-refractivity contribution in [1.82, 2.24) is 9.38 Å². The summed E-state index contributed by atoms with van der Waals surface area (Å²) in [5, 5.41) is 0.773. The summed E-state index contributed by atoms with van der Waals surface area (Å²) in [6.07, 6.45) is 6.67. The number of imidazole rings is 1.